The number of benzene rings is 1. The zero-order valence-corrected chi connectivity index (χ0v) is 18.0. The van der Waals surface area contributed by atoms with Gasteiger partial charge >= 0.3 is 5.97 Å². The van der Waals surface area contributed by atoms with Gasteiger partial charge in [-0.05, 0) is 65.5 Å². The number of ether oxygens (including phenoxy) is 1. The first-order valence-electron chi connectivity index (χ1n) is 10.1. The third-order valence-corrected chi connectivity index (χ3v) is 5.80. The highest BCUT2D eigenvalue weighted by Crippen LogP contribution is 2.42. The van der Waals surface area contributed by atoms with E-state index in [-0.39, 0.29) is 23.0 Å². The molecule has 0 amide bonds. The van der Waals surface area contributed by atoms with Gasteiger partial charge in [0.05, 0.1) is 5.56 Å². The van der Waals surface area contributed by atoms with Crippen molar-refractivity contribution in [2.45, 2.75) is 65.9 Å². The second kappa shape index (κ2) is 9.29. The molecule has 0 aromatic heterocycles. The number of carbonyl (C=O) groups is 2. The Morgan fingerprint density at radius 1 is 1.17 bits per heavy atom. The Morgan fingerprint density at radius 2 is 1.86 bits per heavy atom. The molecule has 1 aromatic rings. The number of aromatic hydroxyl groups is 2. The standard InChI is InChI=1S/C24H32O5/c1-15(2)8-6-9-16(3)10-7-13-24(5)17(4)21(23(28)29-24)22(27)19-12-11-18(25)14-20(19)26/h8,10-12,14,17,21,25-26H,6-7,9,13H2,1-5H3. The van der Waals surface area contributed by atoms with Crippen LogP contribution in [0.4, 0.5) is 0 Å². The first-order valence-corrected chi connectivity index (χ1v) is 10.1. The van der Waals surface area contributed by atoms with Gasteiger partial charge < -0.3 is 14.9 Å². The summed E-state index contributed by atoms with van der Waals surface area (Å²) in [6.45, 7) is 9.99. The summed E-state index contributed by atoms with van der Waals surface area (Å²) in [6, 6.07) is 3.75. The van der Waals surface area contributed by atoms with Crippen molar-refractivity contribution in [2.75, 3.05) is 0 Å². The molecule has 0 spiro atoms. The first-order chi connectivity index (χ1) is 13.5. The van der Waals surface area contributed by atoms with Crippen LogP contribution in [-0.2, 0) is 9.53 Å². The quantitative estimate of drug-likeness (QED) is 0.267. The third-order valence-electron chi connectivity index (χ3n) is 5.80. The molecule has 1 aliphatic rings. The van der Waals surface area contributed by atoms with Gasteiger partial charge in [0, 0.05) is 12.0 Å². The van der Waals surface area contributed by atoms with E-state index >= 15 is 0 Å². The summed E-state index contributed by atoms with van der Waals surface area (Å²) < 4.78 is 5.64. The summed E-state index contributed by atoms with van der Waals surface area (Å²) in [6.07, 6.45) is 7.80. The minimum atomic E-state index is -0.960. The van der Waals surface area contributed by atoms with Crippen LogP contribution in [0.15, 0.2) is 41.5 Å². The van der Waals surface area contributed by atoms with E-state index in [4.69, 9.17) is 4.74 Å². The van der Waals surface area contributed by atoms with Gasteiger partial charge in [-0.25, -0.2) is 0 Å². The highest BCUT2D eigenvalue weighted by atomic mass is 16.6. The number of Topliss-reactive ketones (excluding diaryl/α,β-unsaturated/α-hetero) is 1. The number of hydrogen-bond donors (Lipinski definition) is 2. The number of rotatable bonds is 8. The van der Waals surface area contributed by atoms with Crippen molar-refractivity contribution >= 4 is 11.8 Å². The van der Waals surface area contributed by atoms with Crippen molar-refractivity contribution < 1.29 is 24.5 Å². The van der Waals surface area contributed by atoms with Crippen molar-refractivity contribution in [1.82, 2.24) is 0 Å². The summed E-state index contributed by atoms with van der Waals surface area (Å²) in [5.41, 5.74) is 1.90. The Labute approximate surface area is 173 Å². The first kappa shape index (κ1) is 22.7. The molecule has 5 heteroatoms. The average Bonchev–Trinajstić information content (AvgIpc) is 2.83. The second-order valence-electron chi connectivity index (χ2n) is 8.48. The Kier molecular flexibility index (Phi) is 7.28. The Morgan fingerprint density at radius 3 is 2.48 bits per heavy atom. The zero-order chi connectivity index (χ0) is 21.8. The second-order valence-corrected chi connectivity index (χ2v) is 8.48. The fourth-order valence-corrected chi connectivity index (χ4v) is 3.75. The molecular formula is C24H32O5. The van der Waals surface area contributed by atoms with Crippen LogP contribution in [0.1, 0.15) is 70.7 Å². The van der Waals surface area contributed by atoms with Crippen LogP contribution in [0, 0.1) is 11.8 Å². The topological polar surface area (TPSA) is 83.8 Å². The molecule has 3 atom stereocenters. The van der Waals surface area contributed by atoms with Crippen molar-refractivity contribution in [3.8, 4) is 11.5 Å². The van der Waals surface area contributed by atoms with E-state index in [9.17, 15) is 19.8 Å². The maximum Gasteiger partial charge on any atom is 0.317 e. The van der Waals surface area contributed by atoms with E-state index in [0.29, 0.717) is 6.42 Å². The minimum Gasteiger partial charge on any atom is -0.508 e. The number of allylic oxidation sites excluding steroid dienone is 4. The molecule has 5 nitrogen and oxygen atoms in total. The number of cyclic esters (lactones) is 1. The Balaban J connectivity index is 2.05. The van der Waals surface area contributed by atoms with Crippen LogP contribution in [0.25, 0.3) is 0 Å². The normalized spacial score (nSPS) is 24.3. The number of hydrogen-bond acceptors (Lipinski definition) is 5. The van der Waals surface area contributed by atoms with Gasteiger partial charge in [-0.2, -0.15) is 0 Å². The van der Waals surface area contributed by atoms with Crippen LogP contribution in [0.3, 0.4) is 0 Å². The molecule has 2 N–H and O–H groups in total. The lowest BCUT2D eigenvalue weighted by Crippen LogP contribution is -2.33. The molecule has 29 heavy (non-hydrogen) atoms. The molecule has 0 bridgehead atoms. The fourth-order valence-electron chi connectivity index (χ4n) is 3.75. The van der Waals surface area contributed by atoms with Gasteiger partial charge in [0.2, 0.25) is 0 Å². The molecule has 1 saturated heterocycles. The van der Waals surface area contributed by atoms with Gasteiger partial charge in [0.25, 0.3) is 0 Å². The van der Waals surface area contributed by atoms with Crippen molar-refractivity contribution in [2.24, 2.45) is 11.8 Å². The van der Waals surface area contributed by atoms with Gasteiger partial charge in [-0.1, -0.05) is 30.2 Å². The van der Waals surface area contributed by atoms with E-state index in [2.05, 4.69) is 32.9 Å². The molecule has 0 aliphatic carbocycles. The van der Waals surface area contributed by atoms with Gasteiger partial charge in [0.1, 0.15) is 23.0 Å². The molecule has 1 heterocycles. The van der Waals surface area contributed by atoms with Gasteiger partial charge in [0.15, 0.2) is 5.78 Å². The molecule has 3 unspecified atom stereocenters. The molecule has 0 saturated carbocycles. The fraction of sp³-hybridized carbons (Fsp3) is 0.500. The molecule has 1 aromatic carbocycles. The van der Waals surface area contributed by atoms with Crippen LogP contribution in [-0.4, -0.2) is 27.6 Å². The largest absolute Gasteiger partial charge is 0.508 e. The van der Waals surface area contributed by atoms with Crippen LogP contribution < -0.4 is 0 Å². The van der Waals surface area contributed by atoms with Crippen LogP contribution in [0.5, 0.6) is 11.5 Å². The van der Waals surface area contributed by atoms with Crippen LogP contribution in [0.2, 0.25) is 0 Å². The summed E-state index contributed by atoms with van der Waals surface area (Å²) in [4.78, 5) is 25.4. The van der Waals surface area contributed by atoms with E-state index in [1.807, 2.05) is 13.8 Å². The highest BCUT2D eigenvalue weighted by Gasteiger charge is 2.53. The Bertz CT molecular complexity index is 832. The molecule has 1 aliphatic heterocycles. The molecular weight excluding hydrogens is 368 g/mol. The zero-order valence-electron chi connectivity index (χ0n) is 18.0. The van der Waals surface area contributed by atoms with Gasteiger partial charge in [-0.3, -0.25) is 9.59 Å². The Hall–Kier alpha value is -2.56. The molecule has 1 fully saturated rings. The predicted octanol–water partition coefficient (Wildman–Crippen LogP) is 5.32. The maximum absolute atomic E-state index is 12.9. The summed E-state index contributed by atoms with van der Waals surface area (Å²) >= 11 is 0. The lowest BCUT2D eigenvalue weighted by Gasteiger charge is -2.28. The maximum atomic E-state index is 12.9. The van der Waals surface area contributed by atoms with E-state index < -0.39 is 23.3 Å². The number of ketones is 1. The average molecular weight is 401 g/mol. The highest BCUT2D eigenvalue weighted by molar-refractivity contribution is 6.11. The van der Waals surface area contributed by atoms with Crippen molar-refractivity contribution in [1.29, 1.82) is 0 Å². The summed E-state index contributed by atoms with van der Waals surface area (Å²) in [5, 5.41) is 19.4. The number of esters is 1. The summed E-state index contributed by atoms with van der Waals surface area (Å²) in [5.74, 6) is -2.79. The number of phenols is 2. The van der Waals surface area contributed by atoms with Crippen LogP contribution >= 0.6 is 0 Å². The minimum absolute atomic E-state index is 0.0239. The monoisotopic (exact) mass is 400 g/mol. The number of phenolic OH excluding ortho intramolecular Hbond substituents is 2. The molecule has 158 valence electrons. The van der Waals surface area contributed by atoms with E-state index in [0.717, 1.165) is 25.3 Å². The lowest BCUT2D eigenvalue weighted by atomic mass is 9.77. The smallest absolute Gasteiger partial charge is 0.317 e. The molecule has 2 rings (SSSR count). The SMILES string of the molecule is CC(C)=CCCC(C)=CCCC1(C)OC(=O)C(C(=O)c2ccc(O)cc2O)C1C. The van der Waals surface area contributed by atoms with E-state index in [1.54, 1.807) is 0 Å². The number of carbonyl (C=O) groups excluding carboxylic acids is 2. The predicted molar refractivity (Wildman–Crippen MR) is 113 cm³/mol. The third kappa shape index (κ3) is 5.49. The lowest BCUT2D eigenvalue weighted by molar-refractivity contribution is -0.149. The van der Waals surface area contributed by atoms with E-state index in [1.165, 1.54) is 23.3 Å². The summed E-state index contributed by atoms with van der Waals surface area (Å²) in [7, 11) is 0. The van der Waals surface area contributed by atoms with Crippen molar-refractivity contribution in [3.05, 3.63) is 47.1 Å². The molecule has 0 radical (unpaired) electrons. The van der Waals surface area contributed by atoms with Gasteiger partial charge in [-0.15, -0.1) is 0 Å². The van der Waals surface area contributed by atoms with Crippen molar-refractivity contribution in [3.63, 3.8) is 0 Å².